The molecular formula is C13H17NO3. The van der Waals surface area contributed by atoms with Crippen molar-refractivity contribution in [3.8, 4) is 11.5 Å². The van der Waals surface area contributed by atoms with Gasteiger partial charge in [-0.25, -0.2) is 0 Å². The lowest BCUT2D eigenvalue weighted by Gasteiger charge is -2.17. The summed E-state index contributed by atoms with van der Waals surface area (Å²) in [5.41, 5.74) is 0.00815. The van der Waals surface area contributed by atoms with Crippen LogP contribution in [0.3, 0.4) is 0 Å². The van der Waals surface area contributed by atoms with Crippen molar-refractivity contribution in [3.63, 3.8) is 0 Å². The lowest BCUT2D eigenvalue weighted by atomic mass is 10.0. The van der Waals surface area contributed by atoms with Gasteiger partial charge in [-0.2, -0.15) is 0 Å². The maximum Gasteiger partial charge on any atom is 0.261 e. The summed E-state index contributed by atoms with van der Waals surface area (Å²) in [7, 11) is 0. The van der Waals surface area contributed by atoms with E-state index >= 15 is 0 Å². The summed E-state index contributed by atoms with van der Waals surface area (Å²) in [5.74, 6) is 0.278. The van der Waals surface area contributed by atoms with Gasteiger partial charge in [-0.1, -0.05) is 19.9 Å². The van der Waals surface area contributed by atoms with Gasteiger partial charge in [0.1, 0.15) is 17.1 Å². The Hall–Kier alpha value is -1.71. The fourth-order valence-corrected chi connectivity index (χ4v) is 2.20. The van der Waals surface area contributed by atoms with Gasteiger partial charge in [-0.15, -0.1) is 0 Å². The number of nitrogens with zero attached hydrogens (tertiary/aromatic N) is 1. The second-order valence-electron chi connectivity index (χ2n) is 4.84. The fourth-order valence-electron chi connectivity index (χ4n) is 2.20. The number of carbonyl (C=O) groups is 1. The molecule has 92 valence electrons. The van der Waals surface area contributed by atoms with Gasteiger partial charge < -0.3 is 15.1 Å². The standard InChI is InChI=1S/C13H17NO3/c1-8-6-14(7-9(8)2)13(17)12-10(15)4-3-5-11(12)16/h3-5,8-9,15-16H,6-7H2,1-2H3. The van der Waals surface area contributed by atoms with Crippen LogP contribution in [0.5, 0.6) is 11.5 Å². The van der Waals surface area contributed by atoms with E-state index in [0.29, 0.717) is 24.9 Å². The molecule has 0 bridgehead atoms. The number of phenols is 2. The maximum atomic E-state index is 12.2. The predicted octanol–water partition coefficient (Wildman–Crippen LogP) is 1.83. The van der Waals surface area contributed by atoms with Gasteiger partial charge in [0.05, 0.1) is 0 Å². The minimum atomic E-state index is -0.295. The molecule has 0 saturated carbocycles. The summed E-state index contributed by atoms with van der Waals surface area (Å²) >= 11 is 0. The third-order valence-electron chi connectivity index (χ3n) is 3.51. The van der Waals surface area contributed by atoms with Crippen LogP contribution in [0.25, 0.3) is 0 Å². The molecule has 0 aliphatic carbocycles. The van der Waals surface area contributed by atoms with E-state index < -0.39 is 0 Å². The molecule has 4 nitrogen and oxygen atoms in total. The Morgan fingerprint density at radius 1 is 1.18 bits per heavy atom. The van der Waals surface area contributed by atoms with Crippen LogP contribution in [0.4, 0.5) is 0 Å². The molecule has 0 radical (unpaired) electrons. The molecule has 1 aliphatic heterocycles. The van der Waals surface area contributed by atoms with Crippen LogP contribution in [0.2, 0.25) is 0 Å². The zero-order chi connectivity index (χ0) is 12.6. The molecule has 0 spiro atoms. The molecule has 2 rings (SSSR count). The first-order valence-corrected chi connectivity index (χ1v) is 5.81. The third kappa shape index (κ3) is 2.07. The predicted molar refractivity (Wildman–Crippen MR) is 64.0 cm³/mol. The van der Waals surface area contributed by atoms with Crippen LogP contribution in [0.1, 0.15) is 24.2 Å². The molecule has 1 aromatic rings. The minimum absolute atomic E-state index is 0.00815. The average Bonchev–Trinajstić information content (AvgIpc) is 2.59. The fraction of sp³-hybridized carbons (Fsp3) is 0.462. The summed E-state index contributed by atoms with van der Waals surface area (Å²) in [6, 6.07) is 4.34. The number of phenolic OH excluding ortho intramolecular Hbond substituents is 2. The van der Waals surface area contributed by atoms with Crippen molar-refractivity contribution in [2.75, 3.05) is 13.1 Å². The van der Waals surface area contributed by atoms with E-state index in [2.05, 4.69) is 13.8 Å². The van der Waals surface area contributed by atoms with E-state index in [1.165, 1.54) is 18.2 Å². The summed E-state index contributed by atoms with van der Waals surface area (Å²) in [6.45, 7) is 5.55. The highest BCUT2D eigenvalue weighted by Crippen LogP contribution is 2.31. The van der Waals surface area contributed by atoms with Crippen LogP contribution in [-0.2, 0) is 0 Å². The molecule has 1 aliphatic rings. The van der Waals surface area contributed by atoms with Crippen LogP contribution in [0, 0.1) is 11.8 Å². The van der Waals surface area contributed by atoms with Gasteiger partial charge >= 0.3 is 0 Å². The van der Waals surface area contributed by atoms with Gasteiger partial charge in [0.2, 0.25) is 0 Å². The molecule has 2 atom stereocenters. The highest BCUT2D eigenvalue weighted by molar-refractivity contribution is 5.99. The molecular weight excluding hydrogens is 218 g/mol. The van der Waals surface area contributed by atoms with Crippen molar-refractivity contribution in [2.24, 2.45) is 11.8 Å². The second-order valence-corrected chi connectivity index (χ2v) is 4.84. The molecule has 2 unspecified atom stereocenters. The lowest BCUT2D eigenvalue weighted by Crippen LogP contribution is -2.29. The normalized spacial score (nSPS) is 24.0. The molecule has 0 aromatic heterocycles. The zero-order valence-corrected chi connectivity index (χ0v) is 10.1. The van der Waals surface area contributed by atoms with Crippen molar-refractivity contribution in [1.29, 1.82) is 0 Å². The third-order valence-corrected chi connectivity index (χ3v) is 3.51. The number of amides is 1. The van der Waals surface area contributed by atoms with Crippen LogP contribution < -0.4 is 0 Å². The van der Waals surface area contributed by atoms with Gasteiger partial charge in [0.15, 0.2) is 0 Å². The largest absolute Gasteiger partial charge is 0.507 e. The van der Waals surface area contributed by atoms with E-state index in [0.717, 1.165) is 0 Å². The Balaban J connectivity index is 2.27. The SMILES string of the molecule is CC1CN(C(=O)c2c(O)cccc2O)CC1C. The van der Waals surface area contributed by atoms with Gasteiger partial charge in [0, 0.05) is 13.1 Å². The van der Waals surface area contributed by atoms with Crippen molar-refractivity contribution >= 4 is 5.91 Å². The smallest absolute Gasteiger partial charge is 0.261 e. The topological polar surface area (TPSA) is 60.8 Å². The first-order valence-electron chi connectivity index (χ1n) is 5.81. The molecule has 4 heteroatoms. The number of benzene rings is 1. The van der Waals surface area contributed by atoms with Crippen LogP contribution in [0.15, 0.2) is 18.2 Å². The van der Waals surface area contributed by atoms with E-state index in [1.54, 1.807) is 4.90 Å². The Bertz CT molecular complexity index is 414. The quantitative estimate of drug-likeness (QED) is 0.780. The van der Waals surface area contributed by atoms with Gasteiger partial charge in [0.25, 0.3) is 5.91 Å². The number of rotatable bonds is 1. The molecule has 1 amide bonds. The maximum absolute atomic E-state index is 12.2. The molecule has 17 heavy (non-hydrogen) atoms. The highest BCUT2D eigenvalue weighted by Gasteiger charge is 2.32. The monoisotopic (exact) mass is 235 g/mol. The van der Waals surface area contributed by atoms with Crippen molar-refractivity contribution in [3.05, 3.63) is 23.8 Å². The Morgan fingerprint density at radius 3 is 2.12 bits per heavy atom. The Kier molecular flexibility index (Phi) is 2.96. The number of hydrogen-bond donors (Lipinski definition) is 2. The first kappa shape index (κ1) is 11.8. The Morgan fingerprint density at radius 2 is 1.65 bits per heavy atom. The highest BCUT2D eigenvalue weighted by atomic mass is 16.3. The van der Waals surface area contributed by atoms with E-state index in [1.807, 2.05) is 0 Å². The summed E-state index contributed by atoms with van der Waals surface area (Å²) in [5, 5.41) is 19.3. The molecule has 1 saturated heterocycles. The van der Waals surface area contributed by atoms with Gasteiger partial charge in [-0.05, 0) is 24.0 Å². The van der Waals surface area contributed by atoms with Crippen LogP contribution >= 0.6 is 0 Å². The molecule has 2 N–H and O–H groups in total. The molecule has 1 heterocycles. The Labute approximate surface area is 100 Å². The average molecular weight is 235 g/mol. The van der Waals surface area contributed by atoms with Crippen molar-refractivity contribution < 1.29 is 15.0 Å². The summed E-state index contributed by atoms with van der Waals surface area (Å²) in [4.78, 5) is 13.9. The van der Waals surface area contributed by atoms with Crippen molar-refractivity contribution in [1.82, 2.24) is 4.90 Å². The minimum Gasteiger partial charge on any atom is -0.507 e. The summed E-state index contributed by atoms with van der Waals surface area (Å²) < 4.78 is 0. The van der Waals surface area contributed by atoms with E-state index in [9.17, 15) is 15.0 Å². The van der Waals surface area contributed by atoms with Gasteiger partial charge in [-0.3, -0.25) is 4.79 Å². The lowest BCUT2D eigenvalue weighted by molar-refractivity contribution is 0.0779. The second kappa shape index (κ2) is 4.28. The van der Waals surface area contributed by atoms with E-state index in [4.69, 9.17) is 0 Å². The molecule has 1 fully saturated rings. The number of likely N-dealkylation sites (tertiary alicyclic amines) is 1. The first-order chi connectivity index (χ1) is 8.00. The van der Waals surface area contributed by atoms with Crippen molar-refractivity contribution in [2.45, 2.75) is 13.8 Å². The number of aromatic hydroxyl groups is 2. The summed E-state index contributed by atoms with van der Waals surface area (Å²) in [6.07, 6.45) is 0. The van der Waals surface area contributed by atoms with Crippen LogP contribution in [-0.4, -0.2) is 34.1 Å². The number of hydrogen-bond acceptors (Lipinski definition) is 3. The molecule has 1 aromatic carbocycles. The zero-order valence-electron chi connectivity index (χ0n) is 10.1. The van der Waals surface area contributed by atoms with E-state index in [-0.39, 0.29) is 23.0 Å². The number of carbonyl (C=O) groups excluding carboxylic acids is 1.